The maximum Gasteiger partial charge on any atom is 0.359 e. The van der Waals surface area contributed by atoms with Gasteiger partial charge < -0.3 is 14.6 Å². The Balaban J connectivity index is 2.14. The number of pyridine rings is 1. The highest BCUT2D eigenvalue weighted by atomic mass is 16.5. The molecule has 2 aromatic heterocycles. The van der Waals surface area contributed by atoms with Crippen LogP contribution in [0.15, 0.2) is 10.9 Å². The quantitative estimate of drug-likeness (QED) is 0.867. The van der Waals surface area contributed by atoms with E-state index in [1.165, 1.54) is 6.07 Å². The van der Waals surface area contributed by atoms with E-state index in [1.54, 1.807) is 6.92 Å². The van der Waals surface area contributed by atoms with Crippen LogP contribution in [0.1, 0.15) is 41.9 Å². The molecule has 1 aliphatic rings. The number of rotatable bonds is 3. The van der Waals surface area contributed by atoms with Crippen molar-refractivity contribution in [3.63, 3.8) is 0 Å². The molecule has 3 rings (SSSR count). The van der Waals surface area contributed by atoms with Crippen molar-refractivity contribution in [2.45, 2.75) is 32.7 Å². The Labute approximate surface area is 134 Å². The second-order valence-electron chi connectivity index (χ2n) is 6.09. The van der Waals surface area contributed by atoms with E-state index in [9.17, 15) is 9.59 Å². The van der Waals surface area contributed by atoms with E-state index >= 15 is 0 Å². The van der Waals surface area contributed by atoms with Gasteiger partial charge in [-0.25, -0.2) is 9.48 Å². The molecule has 3 heterocycles. The highest BCUT2D eigenvalue weighted by Gasteiger charge is 2.26. The van der Waals surface area contributed by atoms with Crippen molar-refractivity contribution in [2.24, 2.45) is 0 Å². The summed E-state index contributed by atoms with van der Waals surface area (Å²) in [6, 6.07) is 1.67. The summed E-state index contributed by atoms with van der Waals surface area (Å²) < 4.78 is 6.93. The van der Waals surface area contributed by atoms with Crippen LogP contribution in [0.25, 0.3) is 11.0 Å². The number of fused-ring (bicyclic) bond motifs is 1. The van der Waals surface area contributed by atoms with Gasteiger partial charge in [-0.15, -0.1) is 0 Å². The standard InChI is InChI=1S/C16H22N4O3/c1-4-23-16(22)14-13-10(2)9-12(21)17-15(13)20(18-14)11-5-7-19(3)8-6-11/h9,11H,4-8H2,1-3H3,(H,17,21). The van der Waals surface area contributed by atoms with E-state index in [4.69, 9.17) is 4.74 Å². The molecule has 7 heteroatoms. The minimum atomic E-state index is -0.445. The molecule has 23 heavy (non-hydrogen) atoms. The Morgan fingerprint density at radius 1 is 1.43 bits per heavy atom. The summed E-state index contributed by atoms with van der Waals surface area (Å²) in [5.41, 5.74) is 1.47. The summed E-state index contributed by atoms with van der Waals surface area (Å²) in [7, 11) is 2.09. The van der Waals surface area contributed by atoms with Crippen molar-refractivity contribution in [2.75, 3.05) is 26.7 Å². The summed E-state index contributed by atoms with van der Waals surface area (Å²) in [6.45, 7) is 5.82. The molecule has 0 aromatic carbocycles. The predicted octanol–water partition coefficient (Wildman–Crippen LogP) is 1.48. The molecule has 0 radical (unpaired) electrons. The van der Waals surface area contributed by atoms with E-state index in [2.05, 4.69) is 22.0 Å². The molecule has 0 amide bonds. The van der Waals surface area contributed by atoms with Crippen LogP contribution < -0.4 is 5.56 Å². The number of ether oxygens (including phenoxy) is 1. The summed E-state index contributed by atoms with van der Waals surface area (Å²) in [6.07, 6.45) is 1.87. The Morgan fingerprint density at radius 3 is 2.78 bits per heavy atom. The number of aromatic nitrogens is 3. The second kappa shape index (κ2) is 6.16. The van der Waals surface area contributed by atoms with Crippen LogP contribution >= 0.6 is 0 Å². The first-order valence-corrected chi connectivity index (χ1v) is 7.99. The lowest BCUT2D eigenvalue weighted by Gasteiger charge is -2.29. The first-order valence-electron chi connectivity index (χ1n) is 7.99. The van der Waals surface area contributed by atoms with Gasteiger partial charge in [0.05, 0.1) is 18.0 Å². The van der Waals surface area contributed by atoms with E-state index in [0.717, 1.165) is 31.5 Å². The van der Waals surface area contributed by atoms with Gasteiger partial charge in [-0.2, -0.15) is 5.10 Å². The Morgan fingerprint density at radius 2 is 2.13 bits per heavy atom. The number of carbonyl (C=O) groups is 1. The molecule has 7 nitrogen and oxygen atoms in total. The molecule has 0 unspecified atom stereocenters. The van der Waals surface area contributed by atoms with Crippen molar-refractivity contribution in [1.29, 1.82) is 0 Å². The summed E-state index contributed by atoms with van der Waals surface area (Å²) >= 11 is 0. The number of piperidine rings is 1. The van der Waals surface area contributed by atoms with E-state index in [1.807, 2.05) is 11.6 Å². The predicted molar refractivity (Wildman–Crippen MR) is 86.8 cm³/mol. The third kappa shape index (κ3) is 2.88. The lowest BCUT2D eigenvalue weighted by atomic mass is 10.1. The molecule has 1 saturated heterocycles. The molecule has 1 fully saturated rings. The van der Waals surface area contributed by atoms with Gasteiger partial charge in [-0.1, -0.05) is 0 Å². The number of nitrogens with one attached hydrogen (secondary N) is 1. The molecule has 124 valence electrons. The first kappa shape index (κ1) is 15.7. The summed E-state index contributed by atoms with van der Waals surface area (Å²) in [4.78, 5) is 29.2. The topological polar surface area (TPSA) is 80.2 Å². The monoisotopic (exact) mass is 318 g/mol. The third-order valence-electron chi connectivity index (χ3n) is 4.40. The zero-order valence-corrected chi connectivity index (χ0v) is 13.8. The minimum absolute atomic E-state index is 0.175. The van der Waals surface area contributed by atoms with Gasteiger partial charge >= 0.3 is 5.97 Å². The van der Waals surface area contributed by atoms with E-state index in [0.29, 0.717) is 17.6 Å². The van der Waals surface area contributed by atoms with Gasteiger partial charge in [0.15, 0.2) is 5.69 Å². The average Bonchev–Trinajstić information content (AvgIpc) is 2.88. The van der Waals surface area contributed by atoms with E-state index in [-0.39, 0.29) is 17.3 Å². The molecule has 0 atom stereocenters. The molecule has 0 saturated carbocycles. The Bertz CT molecular complexity index is 784. The fraction of sp³-hybridized carbons (Fsp3) is 0.562. The number of carbonyl (C=O) groups excluding carboxylic acids is 1. The smallest absolute Gasteiger partial charge is 0.359 e. The second-order valence-corrected chi connectivity index (χ2v) is 6.09. The van der Waals surface area contributed by atoms with Crippen LogP contribution in [-0.2, 0) is 4.74 Å². The van der Waals surface area contributed by atoms with Crippen molar-refractivity contribution < 1.29 is 9.53 Å². The summed E-state index contributed by atoms with van der Waals surface area (Å²) in [5, 5.41) is 5.19. The lowest BCUT2D eigenvalue weighted by molar-refractivity contribution is 0.0519. The SMILES string of the molecule is CCOC(=O)c1nn(C2CCN(C)CC2)c2[nH]c(=O)cc(C)c12. The van der Waals surface area contributed by atoms with Crippen molar-refractivity contribution in [1.82, 2.24) is 19.7 Å². The van der Waals surface area contributed by atoms with Gasteiger partial charge in [0.1, 0.15) is 5.65 Å². The highest BCUT2D eigenvalue weighted by Crippen LogP contribution is 2.28. The lowest BCUT2D eigenvalue weighted by Crippen LogP contribution is -2.32. The van der Waals surface area contributed by atoms with Gasteiger partial charge in [-0.3, -0.25) is 4.79 Å². The fourth-order valence-corrected chi connectivity index (χ4v) is 3.20. The highest BCUT2D eigenvalue weighted by molar-refractivity contribution is 6.02. The molecular weight excluding hydrogens is 296 g/mol. The van der Waals surface area contributed by atoms with Gasteiger partial charge in [-0.05, 0) is 52.4 Å². The maximum atomic E-state index is 12.2. The van der Waals surface area contributed by atoms with Gasteiger partial charge in [0.2, 0.25) is 5.56 Å². The van der Waals surface area contributed by atoms with Crippen LogP contribution in [0, 0.1) is 6.92 Å². The van der Waals surface area contributed by atoms with Gasteiger partial charge in [0.25, 0.3) is 0 Å². The number of likely N-dealkylation sites (tertiary alicyclic amines) is 1. The number of hydrogen-bond donors (Lipinski definition) is 1. The average molecular weight is 318 g/mol. The van der Waals surface area contributed by atoms with Crippen LogP contribution in [0.4, 0.5) is 0 Å². The Kier molecular flexibility index (Phi) is 4.21. The van der Waals surface area contributed by atoms with Crippen LogP contribution in [0.3, 0.4) is 0 Å². The van der Waals surface area contributed by atoms with Crippen molar-refractivity contribution >= 4 is 17.0 Å². The first-order chi connectivity index (χ1) is 11.0. The molecule has 1 N–H and O–H groups in total. The largest absolute Gasteiger partial charge is 0.461 e. The molecule has 0 bridgehead atoms. The number of esters is 1. The number of nitrogens with zero attached hydrogens (tertiary/aromatic N) is 3. The molecular formula is C16H22N4O3. The molecule has 1 aliphatic heterocycles. The zero-order chi connectivity index (χ0) is 16.6. The summed E-state index contributed by atoms with van der Waals surface area (Å²) in [5.74, 6) is -0.445. The van der Waals surface area contributed by atoms with Crippen LogP contribution in [0.2, 0.25) is 0 Å². The van der Waals surface area contributed by atoms with Crippen molar-refractivity contribution in [3.8, 4) is 0 Å². The normalized spacial score (nSPS) is 16.8. The Hall–Kier alpha value is -2.15. The molecule has 0 spiro atoms. The molecule has 0 aliphatic carbocycles. The van der Waals surface area contributed by atoms with E-state index < -0.39 is 5.97 Å². The maximum absolute atomic E-state index is 12.2. The van der Waals surface area contributed by atoms with Gasteiger partial charge in [0, 0.05) is 6.07 Å². The van der Waals surface area contributed by atoms with Crippen molar-refractivity contribution in [3.05, 3.63) is 27.7 Å². The fourth-order valence-electron chi connectivity index (χ4n) is 3.20. The number of hydrogen-bond acceptors (Lipinski definition) is 5. The number of aromatic amines is 1. The minimum Gasteiger partial charge on any atom is -0.461 e. The number of H-pyrrole nitrogens is 1. The zero-order valence-electron chi connectivity index (χ0n) is 13.8. The third-order valence-corrected chi connectivity index (χ3v) is 4.40. The van der Waals surface area contributed by atoms with Crippen LogP contribution in [-0.4, -0.2) is 52.4 Å². The molecule has 2 aromatic rings. The number of aryl methyl sites for hydroxylation is 1. The van der Waals surface area contributed by atoms with Crippen LogP contribution in [0.5, 0.6) is 0 Å².